The van der Waals surface area contributed by atoms with E-state index in [2.05, 4.69) is 11.7 Å². The molecule has 1 atom stereocenters. The number of nitrogens with zero attached hydrogens (tertiary/aromatic N) is 1. The zero-order valence-corrected chi connectivity index (χ0v) is 8.27. The maximum atomic E-state index is 11.3. The van der Waals surface area contributed by atoms with Crippen LogP contribution in [0.5, 0.6) is 0 Å². The Bertz CT molecular complexity index is 306. The smallest absolute Gasteiger partial charge is 0.262 e. The fraction of sp³-hybridized carbons (Fsp3) is 0.286. The van der Waals surface area contributed by atoms with Crippen LogP contribution in [0.1, 0.15) is 0 Å². The Morgan fingerprint density at radius 3 is 2.73 bits per heavy atom. The van der Waals surface area contributed by atoms with Crippen LogP contribution in [0, 0.1) is 0 Å². The zero-order chi connectivity index (χ0) is 8.43. The third-order valence-corrected chi connectivity index (χ3v) is 3.14. The lowest BCUT2D eigenvalue weighted by atomic mass is 10.5. The molecule has 0 aliphatic rings. The van der Waals surface area contributed by atoms with Crippen LogP contribution in [0.3, 0.4) is 0 Å². The molecule has 0 bridgehead atoms. The van der Waals surface area contributed by atoms with Crippen LogP contribution >= 0.6 is 21.6 Å². The van der Waals surface area contributed by atoms with Gasteiger partial charge in [0.25, 0.3) is 5.56 Å². The number of thiol groups is 2. The van der Waals surface area contributed by atoms with E-state index >= 15 is 0 Å². The minimum absolute atomic E-state index is 0.0658. The average Bonchev–Trinajstić information content (AvgIpc) is 1.94. The van der Waals surface area contributed by atoms with Crippen LogP contribution in [-0.2, 0) is 7.05 Å². The first kappa shape index (κ1) is 8.74. The van der Waals surface area contributed by atoms with Gasteiger partial charge in [-0.3, -0.25) is 4.79 Å². The van der Waals surface area contributed by atoms with Gasteiger partial charge in [0.05, 0.1) is 4.90 Å². The second-order valence-corrected chi connectivity index (χ2v) is 5.66. The van der Waals surface area contributed by atoms with Gasteiger partial charge in [-0.25, -0.2) is 0 Å². The van der Waals surface area contributed by atoms with Crippen LogP contribution < -0.4 is 5.56 Å². The summed E-state index contributed by atoms with van der Waals surface area (Å²) in [5, 5.41) is 0. The number of aromatic nitrogens is 1. The van der Waals surface area contributed by atoms with Gasteiger partial charge in [-0.05, 0) is 18.4 Å². The van der Waals surface area contributed by atoms with E-state index in [-0.39, 0.29) is 5.56 Å². The number of hydrogen-bond acceptors (Lipinski definition) is 2. The molecule has 4 heteroatoms. The summed E-state index contributed by atoms with van der Waals surface area (Å²) in [4.78, 5) is 12.2. The number of hydrogen-bond donors (Lipinski definition) is 2. The quantitative estimate of drug-likeness (QED) is 0.503. The summed E-state index contributed by atoms with van der Waals surface area (Å²) in [5.41, 5.74) is 0.0658. The van der Waals surface area contributed by atoms with Gasteiger partial charge in [0.2, 0.25) is 0 Å². The highest BCUT2D eigenvalue weighted by molar-refractivity contribution is 8.77. The Morgan fingerprint density at radius 2 is 2.27 bits per heavy atom. The molecule has 0 fully saturated rings. The molecular formula is C7H11NOS2. The van der Waals surface area contributed by atoms with E-state index < -0.39 is 9.93 Å². The number of rotatable bonds is 1. The summed E-state index contributed by atoms with van der Waals surface area (Å²) < 4.78 is 1.57. The molecule has 0 aromatic carbocycles. The molecular weight excluding hydrogens is 178 g/mol. The second kappa shape index (κ2) is 3.36. The van der Waals surface area contributed by atoms with E-state index in [0.29, 0.717) is 0 Å². The highest BCUT2D eigenvalue weighted by atomic mass is 33.1. The van der Waals surface area contributed by atoms with Crippen LogP contribution in [0.15, 0.2) is 28.0 Å². The summed E-state index contributed by atoms with van der Waals surface area (Å²) in [7, 11) is 1.18. The number of pyridine rings is 1. The van der Waals surface area contributed by atoms with Crippen molar-refractivity contribution in [1.82, 2.24) is 4.57 Å². The summed E-state index contributed by atoms with van der Waals surface area (Å²) in [5.74, 6) is 0. The standard InChI is InChI=1S/C7H11NOS2/c1-8-5-3-4-6(7(8)9)11(2)10/h3-5,10-11H,1-2H3. The Labute approximate surface area is 73.4 Å². The molecule has 0 spiro atoms. The van der Waals surface area contributed by atoms with Gasteiger partial charge in [0.15, 0.2) is 0 Å². The number of aryl methyl sites for hydroxylation is 1. The van der Waals surface area contributed by atoms with Crippen molar-refractivity contribution in [3.05, 3.63) is 28.7 Å². The molecule has 0 aliphatic carbocycles. The summed E-state index contributed by atoms with van der Waals surface area (Å²) in [6.45, 7) is 0. The third-order valence-electron chi connectivity index (χ3n) is 1.45. The normalized spacial score (nSPS) is 14.6. The van der Waals surface area contributed by atoms with Crippen LogP contribution in [0.4, 0.5) is 0 Å². The van der Waals surface area contributed by atoms with Crippen molar-refractivity contribution in [2.45, 2.75) is 4.90 Å². The molecule has 1 aromatic heterocycles. The van der Waals surface area contributed by atoms with Crippen LogP contribution in [-0.4, -0.2) is 10.8 Å². The predicted octanol–water partition coefficient (Wildman–Crippen LogP) is 1.22. The summed E-state index contributed by atoms with van der Waals surface area (Å²) >= 11 is 4.26. The van der Waals surface area contributed by atoms with Crippen molar-refractivity contribution >= 4 is 21.6 Å². The minimum atomic E-state index is -0.572. The lowest BCUT2D eigenvalue weighted by molar-refractivity contribution is 0.832. The molecule has 0 saturated heterocycles. The molecule has 0 saturated carbocycles. The van der Waals surface area contributed by atoms with Gasteiger partial charge in [-0.2, -0.15) is 9.93 Å². The average molecular weight is 189 g/mol. The highest BCUT2D eigenvalue weighted by Gasteiger charge is 2.01. The molecule has 11 heavy (non-hydrogen) atoms. The molecule has 0 amide bonds. The minimum Gasteiger partial charge on any atom is -0.318 e. The maximum absolute atomic E-state index is 11.3. The van der Waals surface area contributed by atoms with Gasteiger partial charge in [0.1, 0.15) is 0 Å². The Hall–Kier alpha value is -0.350. The van der Waals surface area contributed by atoms with Crippen molar-refractivity contribution in [1.29, 1.82) is 0 Å². The fourth-order valence-electron chi connectivity index (χ4n) is 0.829. The Morgan fingerprint density at radius 1 is 1.64 bits per heavy atom. The molecule has 0 N–H and O–H groups in total. The first-order chi connectivity index (χ1) is 5.13. The molecule has 2 nitrogen and oxygen atoms in total. The van der Waals surface area contributed by atoms with Crippen molar-refractivity contribution in [2.75, 3.05) is 6.26 Å². The molecule has 1 rings (SSSR count). The molecule has 1 heterocycles. The van der Waals surface area contributed by atoms with Crippen LogP contribution in [0.25, 0.3) is 0 Å². The van der Waals surface area contributed by atoms with Gasteiger partial charge in [-0.1, -0.05) is 0 Å². The van der Waals surface area contributed by atoms with E-state index in [1.165, 1.54) is 0 Å². The summed E-state index contributed by atoms with van der Waals surface area (Å²) in [6.07, 6.45) is 3.70. The fourth-order valence-corrected chi connectivity index (χ4v) is 2.02. The summed E-state index contributed by atoms with van der Waals surface area (Å²) in [6, 6.07) is 3.70. The van der Waals surface area contributed by atoms with Crippen molar-refractivity contribution in [2.24, 2.45) is 7.05 Å². The van der Waals surface area contributed by atoms with Gasteiger partial charge in [0, 0.05) is 13.2 Å². The largest absolute Gasteiger partial charge is 0.318 e. The highest BCUT2D eigenvalue weighted by Crippen LogP contribution is 2.32. The monoisotopic (exact) mass is 189 g/mol. The van der Waals surface area contributed by atoms with E-state index in [1.54, 1.807) is 17.8 Å². The van der Waals surface area contributed by atoms with Gasteiger partial charge >= 0.3 is 0 Å². The zero-order valence-electron chi connectivity index (χ0n) is 6.48. The van der Waals surface area contributed by atoms with E-state index in [0.717, 1.165) is 4.90 Å². The molecule has 1 aromatic rings. The SMILES string of the molecule is Cn1cccc([SH](C)S)c1=O. The van der Waals surface area contributed by atoms with Gasteiger partial charge < -0.3 is 4.57 Å². The topological polar surface area (TPSA) is 22.0 Å². The lowest BCUT2D eigenvalue weighted by Crippen LogP contribution is -2.17. The second-order valence-electron chi connectivity index (χ2n) is 2.33. The van der Waals surface area contributed by atoms with Crippen molar-refractivity contribution in [3.8, 4) is 0 Å². The van der Waals surface area contributed by atoms with Crippen molar-refractivity contribution < 1.29 is 0 Å². The van der Waals surface area contributed by atoms with E-state index in [9.17, 15) is 4.79 Å². The maximum Gasteiger partial charge on any atom is 0.262 e. The van der Waals surface area contributed by atoms with E-state index in [1.807, 2.05) is 18.4 Å². The third kappa shape index (κ3) is 1.81. The first-order valence-electron chi connectivity index (χ1n) is 3.21. The lowest BCUT2D eigenvalue weighted by Gasteiger charge is -2.07. The predicted molar refractivity (Wildman–Crippen MR) is 53.8 cm³/mol. The first-order valence-corrected chi connectivity index (χ1v) is 6.15. The Balaban J connectivity index is 3.28. The molecule has 62 valence electrons. The molecule has 0 radical (unpaired) electrons. The van der Waals surface area contributed by atoms with Gasteiger partial charge in [-0.15, -0.1) is 11.7 Å². The molecule has 0 aliphatic heterocycles. The van der Waals surface area contributed by atoms with E-state index in [4.69, 9.17) is 0 Å². The Kier molecular flexibility index (Phi) is 2.67. The van der Waals surface area contributed by atoms with Crippen molar-refractivity contribution in [3.63, 3.8) is 0 Å². The van der Waals surface area contributed by atoms with Crippen LogP contribution in [0.2, 0.25) is 0 Å². The molecule has 1 unspecified atom stereocenters.